The van der Waals surface area contributed by atoms with Gasteiger partial charge in [0.15, 0.2) is 6.29 Å². The molecule has 1 saturated heterocycles. The maximum absolute atomic E-state index is 13.1. The average Bonchev–Trinajstić information content (AvgIpc) is 3.36. The number of allylic oxidation sites excluding steroid dienone is 4. The summed E-state index contributed by atoms with van der Waals surface area (Å²) in [6.07, 6.45) is 47.0. The molecule has 0 aliphatic carbocycles. The zero-order valence-electron chi connectivity index (χ0n) is 45.3. The number of ether oxygens (including phenoxy) is 2. The second-order valence-electron chi connectivity index (χ2n) is 21.1. The van der Waals surface area contributed by atoms with Crippen LogP contribution < -0.4 is 5.32 Å². The molecule has 1 aliphatic heterocycles. The molecule has 11 nitrogen and oxygen atoms in total. The molecular formula is C59H113NO10. The van der Waals surface area contributed by atoms with Crippen molar-refractivity contribution in [1.82, 2.24) is 5.32 Å². The highest BCUT2D eigenvalue weighted by Crippen LogP contribution is 2.23. The minimum atomic E-state index is -1.67. The van der Waals surface area contributed by atoms with Gasteiger partial charge in [0.05, 0.1) is 25.4 Å². The molecule has 70 heavy (non-hydrogen) atoms. The number of hydrogen-bond donors (Lipinski definition) is 8. The number of amides is 1. The summed E-state index contributed by atoms with van der Waals surface area (Å²) >= 11 is 0. The van der Waals surface area contributed by atoms with Crippen LogP contribution in [0, 0.1) is 0 Å². The topological polar surface area (TPSA) is 189 Å². The summed E-state index contributed by atoms with van der Waals surface area (Å²) in [5.41, 5.74) is 0. The molecule has 9 atom stereocenters. The molecule has 0 spiro atoms. The molecular weight excluding hydrogens is 883 g/mol. The van der Waals surface area contributed by atoms with Gasteiger partial charge in [-0.05, 0) is 64.2 Å². The van der Waals surface area contributed by atoms with Crippen molar-refractivity contribution in [1.29, 1.82) is 0 Å². The molecule has 1 amide bonds. The number of carbonyl (C=O) groups excluding carboxylic acids is 1. The minimum absolute atomic E-state index is 0.257. The van der Waals surface area contributed by atoms with E-state index < -0.39 is 74.2 Å². The van der Waals surface area contributed by atoms with Crippen LogP contribution in [0.2, 0.25) is 0 Å². The van der Waals surface area contributed by atoms with E-state index in [0.29, 0.717) is 12.8 Å². The van der Waals surface area contributed by atoms with Gasteiger partial charge in [-0.15, -0.1) is 0 Å². The summed E-state index contributed by atoms with van der Waals surface area (Å²) in [7, 11) is 0. The molecule has 1 aliphatic rings. The Morgan fingerprint density at radius 1 is 0.486 bits per heavy atom. The fourth-order valence-electron chi connectivity index (χ4n) is 9.61. The van der Waals surface area contributed by atoms with Gasteiger partial charge in [-0.1, -0.05) is 237 Å². The van der Waals surface area contributed by atoms with Gasteiger partial charge in [0.1, 0.15) is 36.6 Å². The summed E-state index contributed by atoms with van der Waals surface area (Å²) in [6, 6.07) is -1.18. The fraction of sp³-hybridized carbons (Fsp3) is 0.915. The number of unbranched alkanes of at least 4 members (excludes halogenated alkanes) is 35. The lowest BCUT2D eigenvalue weighted by atomic mass is 9.98. The minimum Gasteiger partial charge on any atom is -0.394 e. The van der Waals surface area contributed by atoms with Crippen LogP contribution in [0.1, 0.15) is 277 Å². The van der Waals surface area contributed by atoms with Crippen LogP contribution in [0.4, 0.5) is 0 Å². The monoisotopic (exact) mass is 996 g/mol. The maximum Gasteiger partial charge on any atom is 0.249 e. The van der Waals surface area contributed by atoms with E-state index >= 15 is 0 Å². The maximum atomic E-state index is 13.1. The first kappa shape index (κ1) is 66.6. The Hall–Kier alpha value is -1.41. The van der Waals surface area contributed by atoms with E-state index in [0.717, 1.165) is 38.5 Å². The van der Waals surface area contributed by atoms with Crippen LogP contribution in [0.15, 0.2) is 24.3 Å². The second-order valence-corrected chi connectivity index (χ2v) is 21.1. The van der Waals surface area contributed by atoms with Crippen molar-refractivity contribution in [3.05, 3.63) is 24.3 Å². The number of hydrogen-bond acceptors (Lipinski definition) is 10. The van der Waals surface area contributed by atoms with Crippen LogP contribution in [-0.4, -0.2) is 110 Å². The fourth-order valence-corrected chi connectivity index (χ4v) is 9.61. The van der Waals surface area contributed by atoms with Crippen molar-refractivity contribution in [2.24, 2.45) is 0 Å². The van der Waals surface area contributed by atoms with Crippen molar-refractivity contribution in [2.75, 3.05) is 13.2 Å². The zero-order valence-corrected chi connectivity index (χ0v) is 45.3. The lowest BCUT2D eigenvalue weighted by molar-refractivity contribution is -0.303. The molecule has 414 valence electrons. The van der Waals surface area contributed by atoms with E-state index in [1.54, 1.807) is 0 Å². The first-order chi connectivity index (χ1) is 34.2. The van der Waals surface area contributed by atoms with E-state index in [9.17, 15) is 40.5 Å². The van der Waals surface area contributed by atoms with E-state index in [4.69, 9.17) is 9.47 Å². The number of rotatable bonds is 51. The van der Waals surface area contributed by atoms with Crippen molar-refractivity contribution in [2.45, 2.75) is 332 Å². The van der Waals surface area contributed by atoms with Gasteiger partial charge in [0.2, 0.25) is 5.91 Å². The van der Waals surface area contributed by atoms with Crippen molar-refractivity contribution in [3.63, 3.8) is 0 Å². The van der Waals surface area contributed by atoms with Crippen LogP contribution in [0.25, 0.3) is 0 Å². The summed E-state index contributed by atoms with van der Waals surface area (Å²) < 4.78 is 11.1. The first-order valence-electron chi connectivity index (χ1n) is 29.7. The van der Waals surface area contributed by atoms with E-state index in [1.165, 1.54) is 199 Å². The number of carbonyl (C=O) groups is 1. The van der Waals surface area contributed by atoms with Crippen LogP contribution in [0.3, 0.4) is 0 Å². The molecule has 0 aromatic heterocycles. The lowest BCUT2D eigenvalue weighted by Gasteiger charge is -2.40. The largest absolute Gasteiger partial charge is 0.394 e. The van der Waals surface area contributed by atoms with Crippen LogP contribution in [0.5, 0.6) is 0 Å². The van der Waals surface area contributed by atoms with E-state index in [1.807, 2.05) is 0 Å². The molecule has 0 bridgehead atoms. The third-order valence-corrected chi connectivity index (χ3v) is 14.5. The molecule has 1 rings (SSSR count). The van der Waals surface area contributed by atoms with E-state index in [2.05, 4.69) is 43.5 Å². The third kappa shape index (κ3) is 36.5. The molecule has 1 heterocycles. The standard InChI is InChI=1S/C59H113NO10/c1-3-5-7-9-11-13-15-16-17-18-19-20-21-22-23-24-25-26-27-28-29-30-31-32-33-34-35-37-39-41-43-45-47-52(63)58(68)60-50(49-69-59-57(67)56(66)55(65)53(48-61)70-59)54(64)51(62)46-44-42-40-38-36-14-12-10-8-6-4-2/h22-23,38,40,50-57,59,61-67H,3-21,24-37,39,41-49H2,1-2H3,(H,60,68)/b23-22-,40-38+. The van der Waals surface area contributed by atoms with Crippen molar-refractivity contribution >= 4 is 5.91 Å². The molecule has 0 aromatic carbocycles. The molecule has 0 aromatic rings. The number of aliphatic hydroxyl groups is 7. The van der Waals surface area contributed by atoms with Gasteiger partial charge < -0.3 is 50.5 Å². The Labute approximate surface area is 429 Å². The quantitative estimate of drug-likeness (QED) is 0.0215. The van der Waals surface area contributed by atoms with Crippen molar-refractivity contribution in [3.8, 4) is 0 Å². The molecule has 11 heteroatoms. The predicted molar refractivity (Wildman–Crippen MR) is 289 cm³/mol. The van der Waals surface area contributed by atoms with Crippen LogP contribution in [-0.2, 0) is 14.3 Å². The summed E-state index contributed by atoms with van der Waals surface area (Å²) in [6.45, 7) is 3.43. The highest BCUT2D eigenvalue weighted by Gasteiger charge is 2.44. The highest BCUT2D eigenvalue weighted by atomic mass is 16.7. The SMILES string of the molecule is CCCCCCCC/C=C/CCCC(O)C(O)C(COC1OC(CO)C(O)C(O)C1O)NC(=O)C(O)CCCCCCCCCCCCCCCCCC/C=C\CCCCCCCCCCCCCC. The van der Waals surface area contributed by atoms with Gasteiger partial charge in [0.25, 0.3) is 0 Å². The van der Waals surface area contributed by atoms with Gasteiger partial charge in [-0.2, -0.15) is 0 Å². The Bertz CT molecular complexity index is 1190. The summed E-state index contributed by atoms with van der Waals surface area (Å²) in [5, 5.41) is 75.9. The van der Waals surface area contributed by atoms with Crippen molar-refractivity contribution < 1.29 is 50.0 Å². The van der Waals surface area contributed by atoms with Crippen LogP contribution >= 0.6 is 0 Å². The van der Waals surface area contributed by atoms with Gasteiger partial charge in [0, 0.05) is 0 Å². The normalized spacial score (nSPS) is 20.4. The first-order valence-corrected chi connectivity index (χ1v) is 29.7. The third-order valence-electron chi connectivity index (χ3n) is 14.5. The summed E-state index contributed by atoms with van der Waals surface area (Å²) in [5.74, 6) is -0.704. The lowest BCUT2D eigenvalue weighted by Crippen LogP contribution is -2.60. The van der Waals surface area contributed by atoms with Gasteiger partial charge in [-0.25, -0.2) is 0 Å². The van der Waals surface area contributed by atoms with E-state index in [-0.39, 0.29) is 12.8 Å². The molecule has 0 radical (unpaired) electrons. The number of nitrogens with one attached hydrogen (secondary N) is 1. The highest BCUT2D eigenvalue weighted by molar-refractivity contribution is 5.80. The molecule has 8 N–H and O–H groups in total. The molecule has 9 unspecified atom stereocenters. The Balaban J connectivity index is 2.17. The zero-order chi connectivity index (χ0) is 51.1. The summed E-state index contributed by atoms with van der Waals surface area (Å²) in [4.78, 5) is 13.1. The Morgan fingerprint density at radius 2 is 0.843 bits per heavy atom. The second kappa shape index (κ2) is 48.5. The smallest absolute Gasteiger partial charge is 0.249 e. The Kier molecular flexibility index (Phi) is 46.2. The molecule has 0 saturated carbocycles. The Morgan fingerprint density at radius 3 is 1.23 bits per heavy atom. The van der Waals surface area contributed by atoms with Gasteiger partial charge >= 0.3 is 0 Å². The number of aliphatic hydroxyl groups excluding tert-OH is 7. The molecule has 1 fully saturated rings. The predicted octanol–water partition coefficient (Wildman–Crippen LogP) is 12.5. The van der Waals surface area contributed by atoms with Gasteiger partial charge in [-0.3, -0.25) is 4.79 Å². The average molecular weight is 997 g/mol.